The molecule has 0 aromatic heterocycles. The van der Waals surface area contributed by atoms with Gasteiger partial charge < -0.3 is 30.4 Å². The number of rotatable bonds is 11. The summed E-state index contributed by atoms with van der Waals surface area (Å²) in [6.07, 6.45) is -5.61. The molecule has 0 aliphatic heterocycles. The SMILES string of the molecule is COc1cc(C=CC(=O)OCCc2cc(N)ccc2N)ccc1OC(=O)c1ccc(OC(F)(F)C(F)F)cc1. The Morgan fingerprint density at radius 3 is 2.36 bits per heavy atom. The fourth-order valence-corrected chi connectivity index (χ4v) is 3.21. The van der Waals surface area contributed by atoms with E-state index in [1.807, 2.05) is 0 Å². The summed E-state index contributed by atoms with van der Waals surface area (Å²) in [5.41, 5.74) is 13.9. The molecule has 0 heterocycles. The highest BCUT2D eigenvalue weighted by Crippen LogP contribution is 2.30. The number of hydrogen-bond donors (Lipinski definition) is 2. The first kappa shape index (κ1) is 28.8. The number of nitrogens with two attached hydrogens (primary N) is 2. The van der Waals surface area contributed by atoms with Gasteiger partial charge in [0.05, 0.1) is 19.3 Å². The smallest absolute Gasteiger partial charge is 0.461 e. The van der Waals surface area contributed by atoms with Crippen LogP contribution in [-0.2, 0) is 16.0 Å². The molecule has 8 nitrogen and oxygen atoms in total. The number of methoxy groups -OCH3 is 1. The minimum absolute atomic E-state index is 0.0338. The van der Waals surface area contributed by atoms with Crippen molar-refractivity contribution in [2.45, 2.75) is 19.0 Å². The first-order valence-corrected chi connectivity index (χ1v) is 11.3. The number of hydrogen-bond acceptors (Lipinski definition) is 8. The lowest BCUT2D eigenvalue weighted by Crippen LogP contribution is -2.33. The van der Waals surface area contributed by atoms with Gasteiger partial charge in [-0.1, -0.05) is 6.07 Å². The van der Waals surface area contributed by atoms with Crippen molar-refractivity contribution in [3.05, 3.63) is 83.4 Å². The van der Waals surface area contributed by atoms with Gasteiger partial charge in [0.25, 0.3) is 0 Å². The average molecular weight is 548 g/mol. The molecular weight excluding hydrogens is 524 g/mol. The molecule has 206 valence electrons. The number of esters is 2. The Morgan fingerprint density at radius 2 is 1.69 bits per heavy atom. The summed E-state index contributed by atoms with van der Waals surface area (Å²) in [5.74, 6) is -1.82. The maximum atomic E-state index is 13.0. The first-order chi connectivity index (χ1) is 18.5. The second kappa shape index (κ2) is 12.7. The third-order valence-corrected chi connectivity index (χ3v) is 5.18. The van der Waals surface area contributed by atoms with E-state index in [9.17, 15) is 27.2 Å². The van der Waals surface area contributed by atoms with Crippen LogP contribution in [0.2, 0.25) is 0 Å². The molecule has 0 amide bonds. The maximum absolute atomic E-state index is 13.0. The zero-order valence-corrected chi connectivity index (χ0v) is 20.5. The van der Waals surface area contributed by atoms with E-state index in [-0.39, 0.29) is 23.7 Å². The number of carbonyl (C=O) groups excluding carboxylic acids is 2. The largest absolute Gasteiger partial charge is 0.493 e. The van der Waals surface area contributed by atoms with Gasteiger partial charge in [0.1, 0.15) is 5.75 Å². The van der Waals surface area contributed by atoms with Crippen molar-refractivity contribution < 1.29 is 46.1 Å². The van der Waals surface area contributed by atoms with Gasteiger partial charge in [0.15, 0.2) is 11.5 Å². The van der Waals surface area contributed by atoms with E-state index in [1.165, 1.54) is 31.4 Å². The molecule has 0 saturated heterocycles. The van der Waals surface area contributed by atoms with Crippen LogP contribution in [0.3, 0.4) is 0 Å². The molecule has 0 aliphatic rings. The summed E-state index contributed by atoms with van der Waals surface area (Å²) in [6, 6.07) is 13.6. The summed E-state index contributed by atoms with van der Waals surface area (Å²) in [4.78, 5) is 24.5. The van der Waals surface area contributed by atoms with Gasteiger partial charge in [-0.05, 0) is 71.8 Å². The molecule has 0 fully saturated rings. The number of alkyl halides is 4. The lowest BCUT2D eigenvalue weighted by Gasteiger charge is -2.16. The lowest BCUT2D eigenvalue weighted by atomic mass is 10.1. The minimum Gasteiger partial charge on any atom is -0.493 e. The summed E-state index contributed by atoms with van der Waals surface area (Å²) in [5, 5.41) is 0. The normalized spacial score (nSPS) is 11.4. The fourth-order valence-electron chi connectivity index (χ4n) is 3.21. The van der Waals surface area contributed by atoms with Gasteiger partial charge in [-0.15, -0.1) is 0 Å². The molecule has 0 radical (unpaired) electrons. The van der Waals surface area contributed by atoms with E-state index in [1.54, 1.807) is 24.3 Å². The molecule has 0 bridgehead atoms. The Kier molecular flexibility index (Phi) is 9.37. The standard InChI is InChI=1S/C27H24F4N2O6/c1-36-23-14-16(3-11-24(34)37-13-12-18-15-19(32)6-9-21(18)33)2-10-22(23)38-25(35)17-4-7-20(8-5-17)39-27(30,31)26(28)29/h2-11,14-15,26H,12-13,32-33H2,1H3. The highest BCUT2D eigenvalue weighted by atomic mass is 19.3. The second-order valence-corrected chi connectivity index (χ2v) is 8.00. The van der Waals surface area contributed by atoms with Crippen LogP contribution >= 0.6 is 0 Å². The molecule has 0 unspecified atom stereocenters. The topological polar surface area (TPSA) is 123 Å². The van der Waals surface area contributed by atoms with Gasteiger partial charge >= 0.3 is 24.5 Å². The van der Waals surface area contributed by atoms with Crippen molar-refractivity contribution in [1.29, 1.82) is 0 Å². The van der Waals surface area contributed by atoms with Crippen LogP contribution in [0.25, 0.3) is 6.08 Å². The van der Waals surface area contributed by atoms with Crippen LogP contribution in [0.1, 0.15) is 21.5 Å². The number of ether oxygens (including phenoxy) is 4. The first-order valence-electron chi connectivity index (χ1n) is 11.3. The van der Waals surface area contributed by atoms with Crippen LogP contribution in [-0.4, -0.2) is 38.2 Å². The van der Waals surface area contributed by atoms with Crippen molar-refractivity contribution in [3.63, 3.8) is 0 Å². The molecule has 4 N–H and O–H groups in total. The summed E-state index contributed by atoms with van der Waals surface area (Å²) in [7, 11) is 1.34. The zero-order valence-electron chi connectivity index (χ0n) is 20.5. The van der Waals surface area contributed by atoms with E-state index in [0.29, 0.717) is 23.4 Å². The predicted molar refractivity (Wildman–Crippen MR) is 135 cm³/mol. The summed E-state index contributed by atoms with van der Waals surface area (Å²) < 4.78 is 70.2. The van der Waals surface area contributed by atoms with Crippen LogP contribution in [0, 0.1) is 0 Å². The number of anilines is 2. The van der Waals surface area contributed by atoms with E-state index < -0.39 is 30.2 Å². The molecule has 0 spiro atoms. The van der Waals surface area contributed by atoms with Crippen LogP contribution < -0.4 is 25.7 Å². The molecule has 0 atom stereocenters. The molecule has 39 heavy (non-hydrogen) atoms. The second-order valence-electron chi connectivity index (χ2n) is 8.00. The Labute approximate surface area is 220 Å². The van der Waals surface area contributed by atoms with E-state index >= 15 is 0 Å². The van der Waals surface area contributed by atoms with Crippen LogP contribution in [0.15, 0.2) is 66.7 Å². The van der Waals surface area contributed by atoms with E-state index in [2.05, 4.69) is 4.74 Å². The van der Waals surface area contributed by atoms with Crippen LogP contribution in [0.5, 0.6) is 17.2 Å². The van der Waals surface area contributed by atoms with Crippen molar-refractivity contribution in [2.75, 3.05) is 25.2 Å². The van der Waals surface area contributed by atoms with Gasteiger partial charge in [0.2, 0.25) is 0 Å². The quantitative estimate of drug-likeness (QED) is 0.111. The van der Waals surface area contributed by atoms with Crippen molar-refractivity contribution >= 4 is 29.4 Å². The molecule has 3 aromatic carbocycles. The third kappa shape index (κ3) is 8.12. The van der Waals surface area contributed by atoms with Crippen molar-refractivity contribution in [3.8, 4) is 17.2 Å². The van der Waals surface area contributed by atoms with Gasteiger partial charge in [-0.3, -0.25) is 0 Å². The van der Waals surface area contributed by atoms with E-state index in [0.717, 1.165) is 29.8 Å². The fraction of sp³-hybridized carbons (Fsp3) is 0.185. The zero-order chi connectivity index (χ0) is 28.6. The average Bonchev–Trinajstić information content (AvgIpc) is 2.90. The highest BCUT2D eigenvalue weighted by molar-refractivity contribution is 5.91. The number of nitrogen functional groups attached to an aromatic ring is 2. The molecule has 0 aliphatic carbocycles. The molecule has 3 rings (SSSR count). The number of carbonyl (C=O) groups is 2. The molecule has 12 heteroatoms. The third-order valence-electron chi connectivity index (χ3n) is 5.18. The van der Waals surface area contributed by atoms with Crippen LogP contribution in [0.4, 0.5) is 28.9 Å². The molecular formula is C27H24F4N2O6. The Bertz CT molecular complexity index is 1350. The highest BCUT2D eigenvalue weighted by Gasteiger charge is 2.43. The van der Waals surface area contributed by atoms with Gasteiger partial charge in [-0.2, -0.15) is 17.6 Å². The molecule has 3 aromatic rings. The predicted octanol–water partition coefficient (Wildman–Crippen LogP) is 5.11. The Balaban J connectivity index is 1.57. The monoisotopic (exact) mass is 548 g/mol. The van der Waals surface area contributed by atoms with Gasteiger partial charge in [-0.25, -0.2) is 9.59 Å². The Morgan fingerprint density at radius 1 is 0.974 bits per heavy atom. The lowest BCUT2D eigenvalue weighted by molar-refractivity contribution is -0.253. The maximum Gasteiger partial charge on any atom is 0.461 e. The van der Waals surface area contributed by atoms with Crippen molar-refractivity contribution in [2.24, 2.45) is 0 Å². The minimum atomic E-state index is -4.67. The molecule has 0 saturated carbocycles. The van der Waals surface area contributed by atoms with Gasteiger partial charge in [0, 0.05) is 23.9 Å². The van der Waals surface area contributed by atoms with Crippen molar-refractivity contribution in [1.82, 2.24) is 0 Å². The summed E-state index contributed by atoms with van der Waals surface area (Å²) >= 11 is 0. The number of halogens is 4. The summed E-state index contributed by atoms with van der Waals surface area (Å²) in [6.45, 7) is 0.0940. The number of benzene rings is 3. The van der Waals surface area contributed by atoms with E-state index in [4.69, 9.17) is 25.7 Å². The Hall–Kier alpha value is -4.74.